The summed E-state index contributed by atoms with van der Waals surface area (Å²) in [5.41, 5.74) is 0.356. The van der Waals surface area contributed by atoms with Crippen molar-refractivity contribution in [3.63, 3.8) is 0 Å². The molecule has 1 nitrogen and oxygen atoms in total. The summed E-state index contributed by atoms with van der Waals surface area (Å²) in [6.07, 6.45) is 6.07. The maximum absolute atomic E-state index is 13.3. The van der Waals surface area contributed by atoms with Crippen molar-refractivity contribution in [3.05, 3.63) is 0 Å². The minimum absolute atomic E-state index is 0.127. The summed E-state index contributed by atoms with van der Waals surface area (Å²) in [4.78, 5) is 0. The van der Waals surface area contributed by atoms with Crippen molar-refractivity contribution in [1.82, 2.24) is 5.32 Å². The van der Waals surface area contributed by atoms with Crippen LogP contribution in [0.1, 0.15) is 51.9 Å². The van der Waals surface area contributed by atoms with Crippen LogP contribution < -0.4 is 5.32 Å². The first-order valence-electron chi connectivity index (χ1n) is 7.60. The standard InChI is InChI=1S/C15H25F2N/c1-2-18-10-14(8-12-5-13(12)9-14)6-11-3-4-15(16,17)7-11/h11-13,18H,2-10H2,1H3. The van der Waals surface area contributed by atoms with Crippen LogP contribution in [-0.2, 0) is 0 Å². The highest BCUT2D eigenvalue weighted by Gasteiger charge is 2.54. The van der Waals surface area contributed by atoms with Gasteiger partial charge in [0.1, 0.15) is 0 Å². The SMILES string of the molecule is CCNCC1(CC2CCC(F)(F)C2)CC2CC2C1. The molecular weight excluding hydrogens is 232 g/mol. The molecule has 0 amide bonds. The van der Waals surface area contributed by atoms with Crippen LogP contribution in [0.2, 0.25) is 0 Å². The highest BCUT2D eigenvalue weighted by molar-refractivity contribution is 5.05. The van der Waals surface area contributed by atoms with Gasteiger partial charge in [0.25, 0.3) is 0 Å². The zero-order valence-electron chi connectivity index (χ0n) is 11.4. The first kappa shape index (κ1) is 12.8. The number of fused-ring (bicyclic) bond motifs is 1. The molecule has 0 aliphatic heterocycles. The number of rotatable bonds is 5. The molecule has 3 heteroatoms. The first-order chi connectivity index (χ1) is 8.52. The van der Waals surface area contributed by atoms with Crippen LogP contribution >= 0.6 is 0 Å². The van der Waals surface area contributed by atoms with Crippen LogP contribution in [0.4, 0.5) is 8.78 Å². The number of nitrogens with one attached hydrogen (secondary N) is 1. The summed E-state index contributed by atoms with van der Waals surface area (Å²) >= 11 is 0. The fraction of sp³-hybridized carbons (Fsp3) is 1.00. The molecular formula is C15H25F2N. The van der Waals surface area contributed by atoms with Gasteiger partial charge in [-0.1, -0.05) is 6.92 Å². The molecule has 3 fully saturated rings. The second-order valence-corrected chi connectivity index (χ2v) is 7.11. The predicted octanol–water partition coefficient (Wildman–Crippen LogP) is 3.84. The van der Waals surface area contributed by atoms with Gasteiger partial charge in [-0.15, -0.1) is 0 Å². The molecule has 104 valence electrons. The van der Waals surface area contributed by atoms with Crippen molar-refractivity contribution < 1.29 is 8.78 Å². The van der Waals surface area contributed by atoms with Gasteiger partial charge < -0.3 is 5.32 Å². The van der Waals surface area contributed by atoms with Crippen molar-refractivity contribution in [3.8, 4) is 0 Å². The molecule has 0 aromatic carbocycles. The molecule has 0 aromatic heterocycles. The highest BCUT2D eigenvalue weighted by atomic mass is 19.3. The van der Waals surface area contributed by atoms with Crippen molar-refractivity contribution in [2.75, 3.05) is 13.1 Å². The summed E-state index contributed by atoms with van der Waals surface area (Å²) < 4.78 is 26.6. The lowest BCUT2D eigenvalue weighted by atomic mass is 9.75. The van der Waals surface area contributed by atoms with E-state index in [9.17, 15) is 8.78 Å². The van der Waals surface area contributed by atoms with Gasteiger partial charge in [-0.3, -0.25) is 0 Å². The van der Waals surface area contributed by atoms with E-state index in [1.807, 2.05) is 0 Å². The van der Waals surface area contributed by atoms with E-state index in [1.165, 1.54) is 19.3 Å². The summed E-state index contributed by atoms with van der Waals surface area (Å²) in [5.74, 6) is -0.224. The molecule has 3 atom stereocenters. The van der Waals surface area contributed by atoms with E-state index in [0.717, 1.165) is 37.8 Å². The maximum atomic E-state index is 13.3. The van der Waals surface area contributed by atoms with Crippen molar-refractivity contribution in [1.29, 1.82) is 0 Å². The molecule has 0 saturated heterocycles. The van der Waals surface area contributed by atoms with Gasteiger partial charge in [-0.25, -0.2) is 8.78 Å². The van der Waals surface area contributed by atoms with Crippen molar-refractivity contribution in [2.24, 2.45) is 23.2 Å². The monoisotopic (exact) mass is 257 g/mol. The normalized spacial score (nSPS) is 45.2. The number of alkyl halides is 2. The third-order valence-electron chi connectivity index (χ3n) is 5.44. The zero-order chi connectivity index (χ0) is 12.8. The predicted molar refractivity (Wildman–Crippen MR) is 68.7 cm³/mol. The lowest BCUT2D eigenvalue weighted by molar-refractivity contribution is 0.00243. The highest BCUT2D eigenvalue weighted by Crippen LogP contribution is 2.62. The third kappa shape index (κ3) is 2.56. The second-order valence-electron chi connectivity index (χ2n) is 7.11. The van der Waals surface area contributed by atoms with E-state index < -0.39 is 5.92 Å². The van der Waals surface area contributed by atoms with Gasteiger partial charge in [0.2, 0.25) is 5.92 Å². The van der Waals surface area contributed by atoms with E-state index in [1.54, 1.807) is 0 Å². The topological polar surface area (TPSA) is 12.0 Å². The minimum Gasteiger partial charge on any atom is -0.316 e. The molecule has 3 aliphatic carbocycles. The Kier molecular flexibility index (Phi) is 3.16. The van der Waals surface area contributed by atoms with E-state index in [4.69, 9.17) is 0 Å². The quantitative estimate of drug-likeness (QED) is 0.789. The Hall–Kier alpha value is -0.180. The lowest BCUT2D eigenvalue weighted by Crippen LogP contribution is -2.35. The largest absolute Gasteiger partial charge is 0.316 e. The van der Waals surface area contributed by atoms with Gasteiger partial charge >= 0.3 is 0 Å². The molecule has 0 spiro atoms. The number of halogens is 2. The number of hydrogen-bond donors (Lipinski definition) is 1. The average Bonchev–Trinajstić information content (AvgIpc) is 2.76. The molecule has 3 unspecified atom stereocenters. The Morgan fingerprint density at radius 2 is 1.89 bits per heavy atom. The molecule has 18 heavy (non-hydrogen) atoms. The Morgan fingerprint density at radius 1 is 1.17 bits per heavy atom. The van der Waals surface area contributed by atoms with Gasteiger partial charge in [-0.2, -0.15) is 0 Å². The van der Waals surface area contributed by atoms with E-state index in [0.29, 0.717) is 5.41 Å². The summed E-state index contributed by atoms with van der Waals surface area (Å²) in [6, 6.07) is 0. The van der Waals surface area contributed by atoms with Gasteiger partial charge in [0.05, 0.1) is 0 Å². The van der Waals surface area contributed by atoms with Gasteiger partial charge in [0, 0.05) is 19.4 Å². The molecule has 0 bridgehead atoms. The summed E-state index contributed by atoms with van der Waals surface area (Å²) in [5, 5.41) is 3.48. The lowest BCUT2D eigenvalue weighted by Gasteiger charge is -2.34. The van der Waals surface area contributed by atoms with Crippen LogP contribution in [-0.4, -0.2) is 19.0 Å². The molecule has 3 saturated carbocycles. The Labute approximate surface area is 109 Å². The molecule has 3 rings (SSSR count). The molecule has 0 heterocycles. The maximum Gasteiger partial charge on any atom is 0.248 e. The van der Waals surface area contributed by atoms with E-state index in [2.05, 4.69) is 12.2 Å². The molecule has 1 N–H and O–H groups in total. The molecule has 0 radical (unpaired) electrons. The molecule has 0 aromatic rings. The van der Waals surface area contributed by atoms with Crippen molar-refractivity contribution in [2.45, 2.75) is 57.8 Å². The smallest absolute Gasteiger partial charge is 0.248 e. The fourth-order valence-electron chi connectivity index (χ4n) is 4.61. The van der Waals surface area contributed by atoms with Gasteiger partial charge in [-0.05, 0) is 61.8 Å². The number of hydrogen-bond acceptors (Lipinski definition) is 1. The third-order valence-corrected chi connectivity index (χ3v) is 5.44. The second kappa shape index (κ2) is 4.43. The van der Waals surface area contributed by atoms with Crippen LogP contribution in [0.15, 0.2) is 0 Å². The Morgan fingerprint density at radius 3 is 2.44 bits per heavy atom. The van der Waals surface area contributed by atoms with Crippen LogP contribution in [0, 0.1) is 23.2 Å². The minimum atomic E-state index is -2.37. The van der Waals surface area contributed by atoms with Gasteiger partial charge in [0.15, 0.2) is 0 Å². The zero-order valence-corrected chi connectivity index (χ0v) is 11.4. The Bertz CT molecular complexity index is 306. The molecule has 3 aliphatic rings. The summed E-state index contributed by atoms with van der Waals surface area (Å²) in [6.45, 7) is 4.18. The fourth-order valence-corrected chi connectivity index (χ4v) is 4.61. The van der Waals surface area contributed by atoms with E-state index in [-0.39, 0.29) is 18.8 Å². The first-order valence-corrected chi connectivity index (χ1v) is 7.60. The van der Waals surface area contributed by atoms with Crippen LogP contribution in [0.3, 0.4) is 0 Å². The van der Waals surface area contributed by atoms with Crippen LogP contribution in [0.5, 0.6) is 0 Å². The van der Waals surface area contributed by atoms with Crippen molar-refractivity contribution >= 4 is 0 Å². The van der Waals surface area contributed by atoms with Crippen LogP contribution in [0.25, 0.3) is 0 Å². The summed E-state index contributed by atoms with van der Waals surface area (Å²) in [7, 11) is 0. The average molecular weight is 257 g/mol. The van der Waals surface area contributed by atoms with E-state index >= 15 is 0 Å². The Balaban J connectivity index is 1.60.